The lowest BCUT2D eigenvalue weighted by atomic mass is 9.92. The van der Waals surface area contributed by atoms with Gasteiger partial charge in [0.2, 0.25) is 11.8 Å². The Balaban J connectivity index is 1.73. The first-order chi connectivity index (χ1) is 15.0. The summed E-state index contributed by atoms with van der Waals surface area (Å²) in [5.74, 6) is 0.914. The van der Waals surface area contributed by atoms with Crippen molar-refractivity contribution in [3.05, 3.63) is 30.1 Å². The van der Waals surface area contributed by atoms with Crippen molar-refractivity contribution in [2.45, 2.75) is 64.6 Å². The number of hydrogen-bond donors (Lipinski definition) is 2. The van der Waals surface area contributed by atoms with E-state index in [1.54, 1.807) is 10.9 Å². The smallest absolute Gasteiger partial charge is 0.226 e. The van der Waals surface area contributed by atoms with Gasteiger partial charge in [0.05, 0.1) is 31.1 Å². The fourth-order valence-electron chi connectivity index (χ4n) is 4.46. The second-order valence-corrected chi connectivity index (χ2v) is 8.27. The summed E-state index contributed by atoms with van der Waals surface area (Å²) in [7, 11) is 0. The van der Waals surface area contributed by atoms with Gasteiger partial charge in [-0.15, -0.1) is 0 Å². The Hall–Kier alpha value is -2.87. The molecule has 8 nitrogen and oxygen atoms in total. The molecule has 2 N–H and O–H groups in total. The Kier molecular flexibility index (Phi) is 6.27. The number of nitrogens with one attached hydrogen (secondary N) is 1. The zero-order chi connectivity index (χ0) is 22.0. The van der Waals surface area contributed by atoms with Gasteiger partial charge in [0.25, 0.3) is 0 Å². The first-order valence-corrected chi connectivity index (χ1v) is 11.1. The molecule has 0 bridgehead atoms. The van der Waals surface area contributed by atoms with E-state index in [1.807, 2.05) is 30.2 Å². The molecule has 1 saturated heterocycles. The zero-order valence-corrected chi connectivity index (χ0v) is 18.1. The molecular formula is C23H30N4O4. The molecule has 2 aromatic rings. The lowest BCUT2D eigenvalue weighted by Gasteiger charge is -2.36. The highest BCUT2D eigenvalue weighted by Crippen LogP contribution is 2.43. The molecule has 3 heterocycles. The van der Waals surface area contributed by atoms with Gasteiger partial charge in [0.15, 0.2) is 0 Å². The van der Waals surface area contributed by atoms with Gasteiger partial charge in [-0.25, -0.2) is 0 Å². The fraction of sp³-hybridized carbons (Fsp3) is 0.522. The summed E-state index contributed by atoms with van der Waals surface area (Å²) in [5.41, 5.74) is 3.73. The van der Waals surface area contributed by atoms with Crippen LogP contribution in [0.2, 0.25) is 0 Å². The first-order valence-electron chi connectivity index (χ1n) is 11.1. The van der Waals surface area contributed by atoms with Crippen LogP contribution in [-0.4, -0.2) is 52.0 Å². The third-order valence-corrected chi connectivity index (χ3v) is 6.11. The number of amides is 2. The molecule has 1 fully saturated rings. The Morgan fingerprint density at radius 2 is 2.16 bits per heavy atom. The molecule has 2 amide bonds. The second kappa shape index (κ2) is 9.09. The molecule has 2 aliphatic rings. The van der Waals surface area contributed by atoms with Crippen molar-refractivity contribution in [1.29, 1.82) is 0 Å². The Labute approximate surface area is 182 Å². The van der Waals surface area contributed by atoms with E-state index in [4.69, 9.17) is 4.74 Å². The number of anilines is 1. The van der Waals surface area contributed by atoms with Crippen LogP contribution >= 0.6 is 0 Å². The van der Waals surface area contributed by atoms with Gasteiger partial charge in [0.1, 0.15) is 12.4 Å². The van der Waals surface area contributed by atoms with Crippen LogP contribution in [0.25, 0.3) is 11.1 Å². The van der Waals surface area contributed by atoms with Crippen molar-refractivity contribution in [2.75, 3.05) is 18.1 Å². The van der Waals surface area contributed by atoms with Gasteiger partial charge in [-0.3, -0.25) is 14.3 Å². The average molecular weight is 427 g/mol. The summed E-state index contributed by atoms with van der Waals surface area (Å²) < 4.78 is 8.05. The number of carbonyl (C=O) groups excluding carboxylic acids is 2. The molecule has 4 rings (SSSR count). The highest BCUT2D eigenvalue weighted by Gasteiger charge is 2.31. The maximum absolute atomic E-state index is 12.7. The van der Waals surface area contributed by atoms with Gasteiger partial charge < -0.3 is 20.1 Å². The monoisotopic (exact) mass is 426 g/mol. The van der Waals surface area contributed by atoms with E-state index in [0.717, 1.165) is 47.4 Å². The molecule has 0 saturated carbocycles. The maximum Gasteiger partial charge on any atom is 0.226 e. The second-order valence-electron chi connectivity index (χ2n) is 8.27. The lowest BCUT2D eigenvalue weighted by molar-refractivity contribution is -0.120. The quantitative estimate of drug-likeness (QED) is 0.708. The van der Waals surface area contributed by atoms with E-state index in [-0.39, 0.29) is 30.5 Å². The van der Waals surface area contributed by atoms with E-state index >= 15 is 0 Å². The van der Waals surface area contributed by atoms with Crippen LogP contribution in [0, 0.1) is 0 Å². The average Bonchev–Trinajstić information content (AvgIpc) is 3.40. The highest BCUT2D eigenvalue weighted by atomic mass is 16.5. The van der Waals surface area contributed by atoms with E-state index in [0.29, 0.717) is 26.0 Å². The minimum Gasteiger partial charge on any atom is -0.490 e. The van der Waals surface area contributed by atoms with Crippen molar-refractivity contribution in [1.82, 2.24) is 15.1 Å². The normalized spacial score (nSPS) is 20.5. The summed E-state index contributed by atoms with van der Waals surface area (Å²) in [4.78, 5) is 26.2. The molecule has 8 heteroatoms. The number of aromatic nitrogens is 2. The number of nitrogens with zero attached hydrogens (tertiary/aromatic N) is 3. The van der Waals surface area contributed by atoms with Crippen LogP contribution in [0.4, 0.5) is 5.69 Å². The van der Waals surface area contributed by atoms with Gasteiger partial charge in [0, 0.05) is 41.8 Å². The van der Waals surface area contributed by atoms with Gasteiger partial charge in [-0.05, 0) is 38.3 Å². The number of ether oxygens (including phenoxy) is 1. The molecule has 2 atom stereocenters. The summed E-state index contributed by atoms with van der Waals surface area (Å²) in [6, 6.07) is 4.11. The first kappa shape index (κ1) is 21.4. The molecule has 0 radical (unpaired) electrons. The Morgan fingerprint density at radius 1 is 1.32 bits per heavy atom. The Bertz CT molecular complexity index is 970. The SMILES string of the molecule is CCC(=O)N1c2ccc(-c3cnn(CCO)c3)c(OC[C@H]3CCC(=O)N3)c2CC[C@@H]1C. The van der Waals surface area contributed by atoms with Crippen LogP contribution in [-0.2, 0) is 22.6 Å². The van der Waals surface area contributed by atoms with E-state index in [2.05, 4.69) is 17.3 Å². The maximum atomic E-state index is 12.7. The van der Waals surface area contributed by atoms with Crippen LogP contribution < -0.4 is 15.0 Å². The summed E-state index contributed by atoms with van der Waals surface area (Å²) in [5, 5.41) is 16.5. The number of rotatable bonds is 7. The third kappa shape index (κ3) is 4.30. The highest BCUT2D eigenvalue weighted by molar-refractivity contribution is 5.96. The fourth-order valence-corrected chi connectivity index (χ4v) is 4.46. The van der Waals surface area contributed by atoms with Crippen molar-refractivity contribution in [2.24, 2.45) is 0 Å². The summed E-state index contributed by atoms with van der Waals surface area (Å²) >= 11 is 0. The predicted molar refractivity (Wildman–Crippen MR) is 117 cm³/mol. The number of hydrogen-bond acceptors (Lipinski definition) is 5. The molecule has 31 heavy (non-hydrogen) atoms. The van der Waals surface area contributed by atoms with Gasteiger partial charge >= 0.3 is 0 Å². The minimum absolute atomic E-state index is 0.00999. The number of benzene rings is 1. The molecule has 2 aliphatic heterocycles. The number of carbonyl (C=O) groups is 2. The van der Waals surface area contributed by atoms with Crippen molar-refractivity contribution in [3.63, 3.8) is 0 Å². The standard InChI is InChI=1S/C23H30N4O4/c1-3-22(30)27-15(2)4-6-19-20(27)8-7-18(16-12-24-26(13-16)10-11-28)23(19)31-14-17-5-9-21(29)25-17/h7-8,12-13,15,17,28H,3-6,9-11,14H2,1-2H3,(H,25,29)/t15-,17+/m0/s1. The summed E-state index contributed by atoms with van der Waals surface area (Å²) in [6.45, 7) is 4.79. The number of aliphatic hydroxyl groups is 1. The lowest BCUT2D eigenvalue weighted by Crippen LogP contribution is -2.42. The van der Waals surface area contributed by atoms with E-state index in [1.165, 1.54) is 0 Å². The number of aliphatic hydroxyl groups excluding tert-OH is 1. The van der Waals surface area contributed by atoms with Crippen LogP contribution in [0.15, 0.2) is 24.5 Å². The van der Waals surface area contributed by atoms with Crippen LogP contribution in [0.1, 0.15) is 45.1 Å². The number of fused-ring (bicyclic) bond motifs is 1. The minimum atomic E-state index is -0.00999. The van der Waals surface area contributed by atoms with Crippen LogP contribution in [0.3, 0.4) is 0 Å². The molecule has 0 unspecified atom stereocenters. The molecule has 0 aliphatic carbocycles. The Morgan fingerprint density at radius 3 is 2.87 bits per heavy atom. The topological polar surface area (TPSA) is 96.7 Å². The molecular weight excluding hydrogens is 396 g/mol. The molecule has 1 aromatic heterocycles. The van der Waals surface area contributed by atoms with Gasteiger partial charge in [-0.2, -0.15) is 5.10 Å². The van der Waals surface area contributed by atoms with Crippen molar-refractivity contribution >= 4 is 17.5 Å². The van der Waals surface area contributed by atoms with Crippen molar-refractivity contribution < 1.29 is 19.4 Å². The molecule has 166 valence electrons. The third-order valence-electron chi connectivity index (χ3n) is 6.11. The van der Waals surface area contributed by atoms with Crippen LogP contribution in [0.5, 0.6) is 5.75 Å². The molecule has 1 aromatic carbocycles. The van der Waals surface area contributed by atoms with Crippen molar-refractivity contribution in [3.8, 4) is 16.9 Å². The predicted octanol–water partition coefficient (Wildman–Crippen LogP) is 2.28. The molecule has 0 spiro atoms. The van der Waals surface area contributed by atoms with E-state index < -0.39 is 0 Å². The summed E-state index contributed by atoms with van der Waals surface area (Å²) in [6.07, 6.45) is 7.07. The largest absolute Gasteiger partial charge is 0.490 e. The van der Waals surface area contributed by atoms with Gasteiger partial charge in [-0.1, -0.05) is 6.92 Å². The zero-order valence-electron chi connectivity index (χ0n) is 18.1. The van der Waals surface area contributed by atoms with E-state index in [9.17, 15) is 14.7 Å².